The average Bonchev–Trinajstić information content (AvgIpc) is 2.94. The van der Waals surface area contributed by atoms with Crippen molar-refractivity contribution in [2.75, 3.05) is 5.32 Å². The Morgan fingerprint density at radius 1 is 1.50 bits per heavy atom. The van der Waals surface area contributed by atoms with Crippen molar-refractivity contribution in [3.05, 3.63) is 41.2 Å². The fourth-order valence-electron chi connectivity index (χ4n) is 2.45. The van der Waals surface area contributed by atoms with Gasteiger partial charge in [-0.25, -0.2) is 4.98 Å². The first kappa shape index (κ1) is 13.3. The zero-order valence-electron chi connectivity index (χ0n) is 12.0. The van der Waals surface area contributed by atoms with Crippen molar-refractivity contribution in [1.29, 1.82) is 0 Å². The summed E-state index contributed by atoms with van der Waals surface area (Å²) in [5, 5.41) is 9.81. The van der Waals surface area contributed by atoms with E-state index in [4.69, 9.17) is 0 Å². The van der Waals surface area contributed by atoms with Gasteiger partial charge in [0.2, 0.25) is 0 Å². The SMILES string of the molecule is Cn1cc(C(=O)Nc2nc(-c3ccc[nH]3)cs2)c(C2CC2)n1. The van der Waals surface area contributed by atoms with E-state index in [-0.39, 0.29) is 5.91 Å². The van der Waals surface area contributed by atoms with E-state index in [2.05, 4.69) is 20.4 Å². The Hall–Kier alpha value is -2.41. The van der Waals surface area contributed by atoms with E-state index in [1.807, 2.05) is 30.8 Å². The van der Waals surface area contributed by atoms with Crippen molar-refractivity contribution < 1.29 is 4.79 Å². The molecule has 6 nitrogen and oxygen atoms in total. The normalized spacial score (nSPS) is 14.2. The molecule has 1 saturated carbocycles. The van der Waals surface area contributed by atoms with Crippen molar-refractivity contribution in [3.8, 4) is 11.4 Å². The Balaban J connectivity index is 1.55. The van der Waals surface area contributed by atoms with Gasteiger partial charge in [-0.1, -0.05) is 0 Å². The predicted octanol–water partition coefficient (Wildman–Crippen LogP) is 3.00. The number of carbonyl (C=O) groups excluding carboxylic acids is 1. The number of aromatic amines is 1. The first-order chi connectivity index (χ1) is 10.7. The Morgan fingerprint density at radius 2 is 2.36 bits per heavy atom. The minimum Gasteiger partial charge on any atom is -0.360 e. The molecular weight excluding hydrogens is 298 g/mol. The standard InChI is InChI=1S/C15H15N5OS/c1-20-7-10(13(19-20)9-4-5-9)14(21)18-15-17-12(8-22-15)11-3-2-6-16-11/h2-3,6-9,16H,4-5H2,1H3,(H,17,18,21). The number of hydrogen-bond donors (Lipinski definition) is 2. The number of nitrogens with zero attached hydrogens (tertiary/aromatic N) is 3. The summed E-state index contributed by atoms with van der Waals surface area (Å²) >= 11 is 1.42. The van der Waals surface area contributed by atoms with Crippen LogP contribution < -0.4 is 5.32 Å². The van der Waals surface area contributed by atoms with E-state index < -0.39 is 0 Å². The largest absolute Gasteiger partial charge is 0.360 e. The molecule has 1 fully saturated rings. The van der Waals surface area contributed by atoms with E-state index in [1.165, 1.54) is 11.3 Å². The number of thiazole rings is 1. The zero-order chi connectivity index (χ0) is 15.1. The second-order valence-electron chi connectivity index (χ2n) is 5.45. The fraction of sp³-hybridized carbons (Fsp3) is 0.267. The lowest BCUT2D eigenvalue weighted by atomic mass is 10.2. The van der Waals surface area contributed by atoms with Gasteiger partial charge < -0.3 is 4.98 Å². The Labute approximate surface area is 131 Å². The number of nitrogens with one attached hydrogen (secondary N) is 2. The van der Waals surface area contributed by atoms with Gasteiger partial charge in [-0.2, -0.15) is 5.10 Å². The van der Waals surface area contributed by atoms with Crippen molar-refractivity contribution in [2.24, 2.45) is 7.05 Å². The van der Waals surface area contributed by atoms with E-state index in [1.54, 1.807) is 10.9 Å². The molecule has 0 radical (unpaired) electrons. The summed E-state index contributed by atoms with van der Waals surface area (Å²) in [5.41, 5.74) is 3.33. The molecule has 0 saturated heterocycles. The molecule has 7 heteroatoms. The quantitative estimate of drug-likeness (QED) is 0.777. The lowest BCUT2D eigenvalue weighted by Crippen LogP contribution is -2.12. The highest BCUT2D eigenvalue weighted by atomic mass is 32.1. The smallest absolute Gasteiger partial charge is 0.260 e. The molecule has 1 aliphatic carbocycles. The molecular formula is C15H15N5OS. The Bertz CT molecular complexity index is 813. The van der Waals surface area contributed by atoms with E-state index in [0.29, 0.717) is 16.6 Å². The van der Waals surface area contributed by atoms with Gasteiger partial charge >= 0.3 is 0 Å². The number of aromatic nitrogens is 4. The second kappa shape index (κ2) is 5.10. The fourth-order valence-corrected chi connectivity index (χ4v) is 3.15. The summed E-state index contributed by atoms with van der Waals surface area (Å²) in [6.07, 6.45) is 5.87. The third-order valence-corrected chi connectivity index (χ3v) is 4.42. The summed E-state index contributed by atoms with van der Waals surface area (Å²) in [7, 11) is 1.84. The summed E-state index contributed by atoms with van der Waals surface area (Å²) in [5.74, 6) is 0.301. The van der Waals surface area contributed by atoms with Crippen LogP contribution in [-0.4, -0.2) is 25.7 Å². The van der Waals surface area contributed by atoms with Crippen LogP contribution in [0.5, 0.6) is 0 Å². The molecule has 3 aromatic rings. The molecule has 0 aromatic carbocycles. The molecule has 0 bridgehead atoms. The molecule has 112 valence electrons. The Morgan fingerprint density at radius 3 is 3.09 bits per heavy atom. The van der Waals surface area contributed by atoms with Gasteiger partial charge in [0.1, 0.15) is 0 Å². The third kappa shape index (κ3) is 2.43. The van der Waals surface area contributed by atoms with Crippen LogP contribution in [0.15, 0.2) is 29.9 Å². The lowest BCUT2D eigenvalue weighted by molar-refractivity contribution is 0.102. The van der Waals surface area contributed by atoms with Gasteiger partial charge in [0.15, 0.2) is 5.13 Å². The molecule has 2 N–H and O–H groups in total. The lowest BCUT2D eigenvalue weighted by Gasteiger charge is -2.01. The topological polar surface area (TPSA) is 75.6 Å². The van der Waals surface area contributed by atoms with Crippen LogP contribution in [0.25, 0.3) is 11.4 Å². The van der Waals surface area contributed by atoms with Crippen LogP contribution in [-0.2, 0) is 7.05 Å². The van der Waals surface area contributed by atoms with Gasteiger partial charge in [0.05, 0.1) is 22.6 Å². The maximum Gasteiger partial charge on any atom is 0.260 e. The van der Waals surface area contributed by atoms with Crippen LogP contribution in [0.1, 0.15) is 34.8 Å². The van der Waals surface area contributed by atoms with Crippen LogP contribution in [0.3, 0.4) is 0 Å². The van der Waals surface area contributed by atoms with E-state index in [0.717, 1.165) is 29.9 Å². The monoisotopic (exact) mass is 313 g/mol. The van der Waals surface area contributed by atoms with Gasteiger partial charge in [-0.05, 0) is 25.0 Å². The number of aryl methyl sites for hydroxylation is 1. The minimum absolute atomic E-state index is 0.137. The first-order valence-electron chi connectivity index (χ1n) is 7.15. The van der Waals surface area contributed by atoms with Gasteiger partial charge in [0, 0.05) is 30.7 Å². The second-order valence-corrected chi connectivity index (χ2v) is 6.31. The summed E-state index contributed by atoms with van der Waals surface area (Å²) in [6, 6.07) is 3.87. The van der Waals surface area contributed by atoms with Crippen LogP contribution >= 0.6 is 11.3 Å². The number of hydrogen-bond acceptors (Lipinski definition) is 4. The summed E-state index contributed by atoms with van der Waals surface area (Å²) in [4.78, 5) is 20.0. The van der Waals surface area contributed by atoms with Crippen molar-refractivity contribution >= 4 is 22.4 Å². The van der Waals surface area contributed by atoms with Gasteiger partial charge in [0.25, 0.3) is 5.91 Å². The number of rotatable bonds is 4. The summed E-state index contributed by atoms with van der Waals surface area (Å²) < 4.78 is 1.70. The van der Waals surface area contributed by atoms with Crippen LogP contribution in [0.2, 0.25) is 0 Å². The molecule has 0 aliphatic heterocycles. The van der Waals surface area contributed by atoms with Crippen LogP contribution in [0, 0.1) is 0 Å². The molecule has 1 aliphatic rings. The molecule has 4 rings (SSSR count). The highest BCUT2D eigenvalue weighted by molar-refractivity contribution is 7.14. The number of amides is 1. The van der Waals surface area contributed by atoms with Crippen molar-refractivity contribution in [3.63, 3.8) is 0 Å². The number of H-pyrrole nitrogens is 1. The molecule has 1 amide bonds. The number of anilines is 1. The molecule has 0 spiro atoms. The first-order valence-corrected chi connectivity index (χ1v) is 8.03. The molecule has 0 unspecified atom stereocenters. The van der Waals surface area contributed by atoms with E-state index in [9.17, 15) is 4.79 Å². The van der Waals surface area contributed by atoms with Crippen molar-refractivity contribution in [2.45, 2.75) is 18.8 Å². The zero-order valence-corrected chi connectivity index (χ0v) is 12.9. The predicted molar refractivity (Wildman–Crippen MR) is 85.0 cm³/mol. The van der Waals surface area contributed by atoms with Crippen LogP contribution in [0.4, 0.5) is 5.13 Å². The average molecular weight is 313 g/mol. The van der Waals surface area contributed by atoms with Gasteiger partial charge in [-0.3, -0.25) is 14.8 Å². The molecule has 0 atom stereocenters. The molecule has 22 heavy (non-hydrogen) atoms. The third-order valence-electron chi connectivity index (χ3n) is 3.66. The highest BCUT2D eigenvalue weighted by Crippen LogP contribution is 2.40. The van der Waals surface area contributed by atoms with E-state index >= 15 is 0 Å². The van der Waals surface area contributed by atoms with Gasteiger partial charge in [-0.15, -0.1) is 11.3 Å². The molecule has 3 aromatic heterocycles. The Kier molecular flexibility index (Phi) is 3.07. The summed E-state index contributed by atoms with van der Waals surface area (Å²) in [6.45, 7) is 0. The molecule has 3 heterocycles. The minimum atomic E-state index is -0.137. The number of carbonyl (C=O) groups is 1. The van der Waals surface area contributed by atoms with Crippen molar-refractivity contribution in [1.82, 2.24) is 19.7 Å². The maximum atomic E-state index is 12.5. The maximum absolute atomic E-state index is 12.5. The highest BCUT2D eigenvalue weighted by Gasteiger charge is 2.31.